The second-order valence-electron chi connectivity index (χ2n) is 12.5. The predicted octanol–water partition coefficient (Wildman–Crippen LogP) is 13.9. The number of furan rings is 1. The lowest BCUT2D eigenvalue weighted by Crippen LogP contribution is -2.11. The van der Waals surface area contributed by atoms with E-state index in [2.05, 4.69) is 175 Å². The van der Waals surface area contributed by atoms with E-state index in [4.69, 9.17) is 4.42 Å². The highest BCUT2D eigenvalue weighted by molar-refractivity contribution is 7.26. The number of fused-ring (bicyclic) bond motifs is 7. The fourth-order valence-corrected chi connectivity index (χ4v) is 8.73. The van der Waals surface area contributed by atoms with Gasteiger partial charge in [-0.05, 0) is 64.4 Å². The molecule has 0 aliphatic rings. The van der Waals surface area contributed by atoms with Gasteiger partial charge >= 0.3 is 0 Å². The number of nitrogens with zero attached hydrogens (tertiary/aromatic N) is 1. The molecule has 230 valence electrons. The van der Waals surface area contributed by atoms with Gasteiger partial charge in [-0.25, -0.2) is 0 Å². The summed E-state index contributed by atoms with van der Waals surface area (Å²) in [6.07, 6.45) is 0. The van der Waals surface area contributed by atoms with Crippen LogP contribution in [0.15, 0.2) is 180 Å². The molecule has 2 aromatic heterocycles. The Bertz CT molecular complexity index is 2850. The van der Waals surface area contributed by atoms with Crippen molar-refractivity contribution in [3.63, 3.8) is 0 Å². The van der Waals surface area contributed by atoms with Crippen LogP contribution >= 0.6 is 11.3 Å². The molecule has 2 heterocycles. The van der Waals surface area contributed by atoms with Crippen molar-refractivity contribution in [2.45, 2.75) is 0 Å². The first-order chi connectivity index (χ1) is 24.3. The molecule has 10 rings (SSSR count). The van der Waals surface area contributed by atoms with E-state index in [1.54, 1.807) is 0 Å². The highest BCUT2D eigenvalue weighted by Crippen LogP contribution is 2.49. The largest absolute Gasteiger partial charge is 0.456 e. The lowest BCUT2D eigenvalue weighted by Gasteiger charge is -2.29. The second kappa shape index (κ2) is 11.2. The number of hydrogen-bond acceptors (Lipinski definition) is 3. The van der Waals surface area contributed by atoms with Crippen LogP contribution < -0.4 is 4.90 Å². The van der Waals surface area contributed by atoms with Crippen LogP contribution in [0, 0.1) is 0 Å². The van der Waals surface area contributed by atoms with Crippen LogP contribution in [0.25, 0.3) is 75.1 Å². The average Bonchev–Trinajstić information content (AvgIpc) is 3.74. The third kappa shape index (κ3) is 4.47. The third-order valence-corrected chi connectivity index (χ3v) is 10.9. The molecule has 0 aliphatic carbocycles. The fourth-order valence-electron chi connectivity index (χ4n) is 7.50. The number of anilines is 3. The van der Waals surface area contributed by atoms with Gasteiger partial charge in [0.1, 0.15) is 11.2 Å². The van der Waals surface area contributed by atoms with E-state index in [-0.39, 0.29) is 0 Å². The normalized spacial score (nSPS) is 11.7. The Kier molecular flexibility index (Phi) is 6.39. The molecule has 0 bridgehead atoms. The lowest BCUT2D eigenvalue weighted by atomic mass is 9.96. The summed E-state index contributed by atoms with van der Waals surface area (Å²) in [7, 11) is 0. The third-order valence-electron chi connectivity index (χ3n) is 9.67. The Morgan fingerprint density at radius 1 is 0.429 bits per heavy atom. The SMILES string of the molecule is c1cc(-c2cccc3ccccc23)cc(N(c2ccccc2-c2cccc3c2sc2ccccc23)c2cccc3oc4ccccc4c23)c1. The maximum Gasteiger partial charge on any atom is 0.137 e. The van der Waals surface area contributed by atoms with E-state index in [0.29, 0.717) is 0 Å². The maximum absolute atomic E-state index is 6.44. The molecule has 0 amide bonds. The number of hydrogen-bond donors (Lipinski definition) is 0. The average molecular weight is 644 g/mol. The first-order valence-electron chi connectivity index (χ1n) is 16.6. The van der Waals surface area contributed by atoms with Crippen LogP contribution in [0.2, 0.25) is 0 Å². The van der Waals surface area contributed by atoms with Gasteiger partial charge < -0.3 is 9.32 Å². The molecule has 2 nitrogen and oxygen atoms in total. The molecule has 0 fully saturated rings. The van der Waals surface area contributed by atoms with E-state index < -0.39 is 0 Å². The number of para-hydroxylation sites is 2. The van der Waals surface area contributed by atoms with Crippen molar-refractivity contribution in [1.29, 1.82) is 0 Å². The Balaban J connectivity index is 1.27. The molecule has 8 aromatic carbocycles. The first kappa shape index (κ1) is 27.9. The molecule has 3 heteroatoms. The van der Waals surface area contributed by atoms with E-state index >= 15 is 0 Å². The second-order valence-corrected chi connectivity index (χ2v) is 13.5. The molecular formula is C46H29NOS. The summed E-state index contributed by atoms with van der Waals surface area (Å²) in [6, 6.07) is 63.2. The molecule has 0 aliphatic heterocycles. The summed E-state index contributed by atoms with van der Waals surface area (Å²) in [5, 5.41) is 7.28. The van der Waals surface area contributed by atoms with Gasteiger partial charge in [0.25, 0.3) is 0 Å². The van der Waals surface area contributed by atoms with Gasteiger partial charge in [0.2, 0.25) is 0 Å². The highest BCUT2D eigenvalue weighted by atomic mass is 32.1. The molecule has 0 spiro atoms. The van der Waals surface area contributed by atoms with Crippen LogP contribution in [0.5, 0.6) is 0 Å². The van der Waals surface area contributed by atoms with Crippen LogP contribution in [-0.4, -0.2) is 0 Å². The monoisotopic (exact) mass is 643 g/mol. The number of thiophene rings is 1. The van der Waals surface area contributed by atoms with E-state index in [9.17, 15) is 0 Å². The molecular weight excluding hydrogens is 615 g/mol. The van der Waals surface area contributed by atoms with Crippen LogP contribution in [-0.2, 0) is 0 Å². The summed E-state index contributed by atoms with van der Waals surface area (Å²) in [5.41, 5.74) is 9.83. The zero-order valence-electron chi connectivity index (χ0n) is 26.5. The lowest BCUT2D eigenvalue weighted by molar-refractivity contribution is 0.669. The predicted molar refractivity (Wildman–Crippen MR) is 210 cm³/mol. The Hall–Kier alpha value is -6.16. The minimum atomic E-state index is 0.873. The van der Waals surface area contributed by atoms with Gasteiger partial charge in [-0.1, -0.05) is 133 Å². The van der Waals surface area contributed by atoms with Crippen molar-refractivity contribution in [3.05, 3.63) is 176 Å². The fraction of sp³-hybridized carbons (Fsp3) is 0. The van der Waals surface area contributed by atoms with Crippen molar-refractivity contribution in [3.8, 4) is 22.3 Å². The standard InChI is InChI=1S/C46H29NOS/c1-2-17-33-30(13-1)14-10-21-34(33)31-15-9-16-32(29-31)47(41-25-12-27-43-45(41)39-20-4-7-26-42(39)48-43)40-24-6-3-18-35(40)37-22-11-23-38-36-19-5-8-28-44(36)49-46(37)38/h1-29H. The van der Waals surface area contributed by atoms with Crippen molar-refractivity contribution < 1.29 is 4.42 Å². The zero-order valence-corrected chi connectivity index (χ0v) is 27.3. The number of benzene rings is 8. The molecule has 0 N–H and O–H groups in total. The summed E-state index contributed by atoms with van der Waals surface area (Å²) in [5.74, 6) is 0. The first-order valence-corrected chi connectivity index (χ1v) is 17.4. The van der Waals surface area contributed by atoms with Crippen LogP contribution in [0.1, 0.15) is 0 Å². The Labute approximate surface area is 287 Å². The van der Waals surface area contributed by atoms with Gasteiger partial charge in [0.15, 0.2) is 0 Å². The highest BCUT2D eigenvalue weighted by Gasteiger charge is 2.23. The Morgan fingerprint density at radius 2 is 1.06 bits per heavy atom. The Morgan fingerprint density at radius 3 is 2.02 bits per heavy atom. The summed E-state index contributed by atoms with van der Waals surface area (Å²) < 4.78 is 9.04. The molecule has 10 aromatic rings. The van der Waals surface area contributed by atoms with Crippen molar-refractivity contribution in [2.75, 3.05) is 4.90 Å². The molecule has 0 atom stereocenters. The molecule has 0 radical (unpaired) electrons. The molecule has 49 heavy (non-hydrogen) atoms. The minimum absolute atomic E-state index is 0.873. The van der Waals surface area contributed by atoms with Gasteiger partial charge in [0.05, 0.1) is 16.8 Å². The summed E-state index contributed by atoms with van der Waals surface area (Å²) >= 11 is 1.87. The minimum Gasteiger partial charge on any atom is -0.456 e. The van der Waals surface area contributed by atoms with Crippen molar-refractivity contribution in [2.24, 2.45) is 0 Å². The van der Waals surface area contributed by atoms with E-state index in [1.807, 2.05) is 17.4 Å². The van der Waals surface area contributed by atoms with E-state index in [0.717, 1.165) is 39.0 Å². The van der Waals surface area contributed by atoms with Gasteiger partial charge in [-0.15, -0.1) is 11.3 Å². The van der Waals surface area contributed by atoms with E-state index in [1.165, 1.54) is 53.2 Å². The topological polar surface area (TPSA) is 16.4 Å². The zero-order chi connectivity index (χ0) is 32.3. The van der Waals surface area contributed by atoms with Crippen LogP contribution in [0.4, 0.5) is 17.1 Å². The maximum atomic E-state index is 6.44. The molecule has 0 unspecified atom stereocenters. The molecule has 0 saturated carbocycles. The number of rotatable bonds is 5. The summed E-state index contributed by atoms with van der Waals surface area (Å²) in [6.45, 7) is 0. The summed E-state index contributed by atoms with van der Waals surface area (Å²) in [4.78, 5) is 2.43. The van der Waals surface area contributed by atoms with Crippen molar-refractivity contribution >= 4 is 81.3 Å². The van der Waals surface area contributed by atoms with Gasteiger partial charge in [-0.3, -0.25) is 0 Å². The quantitative estimate of drug-likeness (QED) is 0.186. The van der Waals surface area contributed by atoms with Crippen LogP contribution in [0.3, 0.4) is 0 Å². The van der Waals surface area contributed by atoms with Gasteiger partial charge in [-0.2, -0.15) is 0 Å². The van der Waals surface area contributed by atoms with Gasteiger partial charge in [0, 0.05) is 42.4 Å². The van der Waals surface area contributed by atoms with Crippen molar-refractivity contribution in [1.82, 2.24) is 0 Å². The smallest absolute Gasteiger partial charge is 0.137 e. The molecule has 0 saturated heterocycles.